The Morgan fingerprint density at radius 3 is 2.39 bits per heavy atom. The first-order valence-electron chi connectivity index (χ1n) is 9.77. The van der Waals surface area contributed by atoms with E-state index < -0.39 is 11.6 Å². The van der Waals surface area contributed by atoms with Crippen molar-refractivity contribution in [2.24, 2.45) is 40.9 Å². The molecule has 0 unspecified atom stereocenters. The number of aliphatic carboxylic acids is 1. The Hall–Kier alpha value is -0.570. The largest absolute Gasteiger partial charge is 0.481 e. The van der Waals surface area contributed by atoms with E-state index in [-0.39, 0.29) is 11.3 Å². The highest BCUT2D eigenvalue weighted by Gasteiger charge is 2.59. The van der Waals surface area contributed by atoms with Gasteiger partial charge in [-0.05, 0) is 99.7 Å². The summed E-state index contributed by atoms with van der Waals surface area (Å²) in [7, 11) is 0. The molecule has 130 valence electrons. The molecule has 0 heterocycles. The summed E-state index contributed by atoms with van der Waals surface area (Å²) in [5.41, 5.74) is -0.404. The maximum Gasteiger partial charge on any atom is 0.307 e. The maximum atomic E-state index is 11.7. The summed E-state index contributed by atoms with van der Waals surface area (Å²) in [5, 5.41) is 20.1. The van der Waals surface area contributed by atoms with Crippen LogP contribution in [0.4, 0.5) is 0 Å². The zero-order valence-corrected chi connectivity index (χ0v) is 14.6. The zero-order valence-electron chi connectivity index (χ0n) is 14.6. The third-order valence-electron chi connectivity index (χ3n) is 8.54. The van der Waals surface area contributed by atoms with Gasteiger partial charge in [0.25, 0.3) is 0 Å². The number of hydrogen-bond donors (Lipinski definition) is 2. The highest BCUT2D eigenvalue weighted by atomic mass is 16.4. The summed E-state index contributed by atoms with van der Waals surface area (Å²) in [6, 6.07) is 0. The molecule has 0 amide bonds. The number of hydrogen-bond acceptors (Lipinski definition) is 2. The lowest BCUT2D eigenvalue weighted by molar-refractivity contribution is -0.150. The van der Waals surface area contributed by atoms with Crippen LogP contribution >= 0.6 is 0 Å². The van der Waals surface area contributed by atoms with Crippen molar-refractivity contribution in [1.29, 1.82) is 0 Å². The minimum atomic E-state index is -0.559. The van der Waals surface area contributed by atoms with Crippen LogP contribution in [0.15, 0.2) is 0 Å². The summed E-state index contributed by atoms with van der Waals surface area (Å²) >= 11 is 0. The SMILES string of the molecule is C[C@@]1(O)CC[C@H]2[C@H](CC[C@@H]3[C@@H]2CC[C@]2(C)[C@@H](C(=O)O)CC[C@@H]32)C1. The van der Waals surface area contributed by atoms with E-state index in [9.17, 15) is 15.0 Å². The molecule has 4 fully saturated rings. The zero-order chi connectivity index (χ0) is 16.4. The van der Waals surface area contributed by atoms with Crippen molar-refractivity contribution in [3.05, 3.63) is 0 Å². The molecular weight excluding hydrogens is 288 g/mol. The standard InChI is InChI=1S/C20H32O3/c1-19(23)9-7-13-12(11-19)3-4-15-14(13)8-10-20(2)16(15)5-6-17(20)18(21)22/h12-17,23H,3-11H2,1-2H3,(H,21,22)/t12-,13+,14-,15-,16+,17-,19-,20+/m1/s1. The Kier molecular flexibility index (Phi) is 3.61. The predicted molar refractivity (Wildman–Crippen MR) is 88.9 cm³/mol. The number of carboxylic acids is 1. The van der Waals surface area contributed by atoms with Crippen molar-refractivity contribution in [1.82, 2.24) is 0 Å². The van der Waals surface area contributed by atoms with Crippen molar-refractivity contribution >= 4 is 5.97 Å². The fraction of sp³-hybridized carbons (Fsp3) is 0.950. The second-order valence-electron chi connectivity index (χ2n) is 9.69. The molecule has 0 radical (unpaired) electrons. The first-order valence-corrected chi connectivity index (χ1v) is 9.77. The number of fused-ring (bicyclic) bond motifs is 5. The Bertz CT molecular complexity index is 499. The first-order chi connectivity index (χ1) is 10.8. The fourth-order valence-electron chi connectivity index (χ4n) is 7.49. The summed E-state index contributed by atoms with van der Waals surface area (Å²) in [4.78, 5) is 11.7. The van der Waals surface area contributed by atoms with Gasteiger partial charge in [-0.2, -0.15) is 0 Å². The van der Waals surface area contributed by atoms with Gasteiger partial charge in [0.1, 0.15) is 0 Å². The molecular formula is C20H32O3. The van der Waals surface area contributed by atoms with E-state index >= 15 is 0 Å². The predicted octanol–water partition coefficient (Wildman–Crippen LogP) is 4.09. The number of carbonyl (C=O) groups is 1. The van der Waals surface area contributed by atoms with Crippen molar-refractivity contribution < 1.29 is 15.0 Å². The van der Waals surface area contributed by atoms with Gasteiger partial charge in [-0.25, -0.2) is 0 Å². The van der Waals surface area contributed by atoms with Gasteiger partial charge in [-0.15, -0.1) is 0 Å². The van der Waals surface area contributed by atoms with E-state index in [4.69, 9.17) is 0 Å². The molecule has 0 spiro atoms. The monoisotopic (exact) mass is 320 g/mol. The van der Waals surface area contributed by atoms with Crippen LogP contribution in [0.25, 0.3) is 0 Å². The van der Waals surface area contributed by atoms with Crippen LogP contribution in [-0.2, 0) is 4.79 Å². The Morgan fingerprint density at radius 2 is 1.65 bits per heavy atom. The van der Waals surface area contributed by atoms with E-state index in [1.165, 1.54) is 25.7 Å². The minimum absolute atomic E-state index is 0.0417. The highest BCUT2D eigenvalue weighted by molar-refractivity contribution is 5.71. The summed E-state index contributed by atoms with van der Waals surface area (Å²) < 4.78 is 0. The molecule has 0 saturated heterocycles. The van der Waals surface area contributed by atoms with Crippen molar-refractivity contribution in [2.45, 2.75) is 77.2 Å². The molecule has 23 heavy (non-hydrogen) atoms. The molecule has 4 saturated carbocycles. The summed E-state index contributed by atoms with van der Waals surface area (Å²) in [5.74, 6) is 3.01. The average molecular weight is 320 g/mol. The van der Waals surface area contributed by atoms with Crippen molar-refractivity contribution in [2.75, 3.05) is 0 Å². The molecule has 4 aliphatic rings. The van der Waals surface area contributed by atoms with E-state index in [0.29, 0.717) is 11.8 Å². The topological polar surface area (TPSA) is 57.5 Å². The average Bonchev–Trinajstić information content (AvgIpc) is 2.83. The van der Waals surface area contributed by atoms with Gasteiger partial charge in [0, 0.05) is 0 Å². The van der Waals surface area contributed by atoms with Gasteiger partial charge in [0.05, 0.1) is 11.5 Å². The van der Waals surface area contributed by atoms with E-state index in [1.54, 1.807) is 0 Å². The normalized spacial score (nSPS) is 55.6. The number of aliphatic hydroxyl groups is 1. The smallest absolute Gasteiger partial charge is 0.307 e. The molecule has 0 aromatic rings. The van der Waals surface area contributed by atoms with Gasteiger partial charge in [0.15, 0.2) is 0 Å². The van der Waals surface area contributed by atoms with Crippen LogP contribution in [0.5, 0.6) is 0 Å². The molecule has 4 rings (SSSR count). The van der Waals surface area contributed by atoms with Crippen LogP contribution in [0, 0.1) is 40.9 Å². The van der Waals surface area contributed by atoms with Gasteiger partial charge in [0.2, 0.25) is 0 Å². The van der Waals surface area contributed by atoms with Crippen LogP contribution in [-0.4, -0.2) is 21.8 Å². The van der Waals surface area contributed by atoms with Gasteiger partial charge >= 0.3 is 5.97 Å². The van der Waals surface area contributed by atoms with E-state index in [0.717, 1.165) is 49.9 Å². The highest BCUT2D eigenvalue weighted by Crippen LogP contribution is 2.64. The Labute approximate surface area is 139 Å². The minimum Gasteiger partial charge on any atom is -0.481 e. The molecule has 0 aromatic carbocycles. The summed E-state index contributed by atoms with van der Waals surface area (Å²) in [6.45, 7) is 4.29. The van der Waals surface area contributed by atoms with Gasteiger partial charge in [-0.3, -0.25) is 4.79 Å². The van der Waals surface area contributed by atoms with Crippen LogP contribution in [0.2, 0.25) is 0 Å². The van der Waals surface area contributed by atoms with Crippen molar-refractivity contribution in [3.8, 4) is 0 Å². The number of rotatable bonds is 1. The molecule has 3 nitrogen and oxygen atoms in total. The number of carboxylic acid groups (broad SMARTS) is 1. The fourth-order valence-corrected chi connectivity index (χ4v) is 7.49. The third kappa shape index (κ3) is 2.37. The molecule has 0 bridgehead atoms. The Morgan fingerprint density at radius 1 is 0.913 bits per heavy atom. The molecule has 0 aliphatic heterocycles. The first kappa shape index (κ1) is 15.9. The lowest BCUT2D eigenvalue weighted by Gasteiger charge is -2.56. The Balaban J connectivity index is 1.56. The lowest BCUT2D eigenvalue weighted by atomic mass is 9.49. The molecule has 8 atom stereocenters. The molecule has 2 N–H and O–H groups in total. The maximum absolute atomic E-state index is 11.7. The van der Waals surface area contributed by atoms with Gasteiger partial charge < -0.3 is 10.2 Å². The third-order valence-corrected chi connectivity index (χ3v) is 8.54. The van der Waals surface area contributed by atoms with Crippen LogP contribution in [0.3, 0.4) is 0 Å². The lowest BCUT2D eigenvalue weighted by Crippen LogP contribution is -2.51. The van der Waals surface area contributed by atoms with Crippen LogP contribution in [0.1, 0.15) is 71.6 Å². The second-order valence-corrected chi connectivity index (χ2v) is 9.69. The summed E-state index contributed by atoms with van der Waals surface area (Å²) in [6.07, 6.45) is 10.0. The molecule has 3 heteroatoms. The van der Waals surface area contributed by atoms with Crippen molar-refractivity contribution in [3.63, 3.8) is 0 Å². The van der Waals surface area contributed by atoms with E-state index in [2.05, 4.69) is 6.92 Å². The van der Waals surface area contributed by atoms with E-state index in [1.807, 2.05) is 6.92 Å². The van der Waals surface area contributed by atoms with Crippen LogP contribution < -0.4 is 0 Å². The molecule has 4 aliphatic carbocycles. The molecule has 0 aromatic heterocycles. The second kappa shape index (κ2) is 5.21. The quantitative estimate of drug-likeness (QED) is 0.765. The van der Waals surface area contributed by atoms with Gasteiger partial charge in [-0.1, -0.05) is 6.92 Å².